The standard InChI is InChI=1S/C18H29NO3S2/c1-18(2)6-4-14-13(8-18)15(17(20)21)16(24-14)12-5-7-22-10-11(12)9-19(3)23/h11-12,15-16,23H,4-10H2,1-3H3,(H,20,21)/t11-,12?,15?,16?/m0/s1. The summed E-state index contributed by atoms with van der Waals surface area (Å²) in [6.45, 7) is 6.83. The maximum atomic E-state index is 12.1. The van der Waals surface area contributed by atoms with Crippen LogP contribution in [0, 0.1) is 23.2 Å². The Kier molecular flexibility index (Phi) is 5.60. The molecule has 2 heterocycles. The van der Waals surface area contributed by atoms with E-state index in [1.807, 2.05) is 23.1 Å². The summed E-state index contributed by atoms with van der Waals surface area (Å²) in [5.41, 5.74) is 1.45. The third-order valence-corrected chi connectivity index (χ3v) is 7.57. The van der Waals surface area contributed by atoms with Gasteiger partial charge in [0.2, 0.25) is 0 Å². The summed E-state index contributed by atoms with van der Waals surface area (Å²) in [5.74, 6) is -0.219. The fraction of sp³-hybridized carbons (Fsp3) is 0.833. The first kappa shape index (κ1) is 18.6. The Balaban J connectivity index is 1.84. The van der Waals surface area contributed by atoms with Crippen molar-refractivity contribution in [3.8, 4) is 0 Å². The highest BCUT2D eigenvalue weighted by molar-refractivity contribution is 8.04. The Labute approximate surface area is 154 Å². The fourth-order valence-electron chi connectivity index (χ4n) is 4.56. The van der Waals surface area contributed by atoms with Crippen LogP contribution >= 0.6 is 24.6 Å². The largest absolute Gasteiger partial charge is 0.481 e. The van der Waals surface area contributed by atoms with E-state index in [1.165, 1.54) is 10.5 Å². The van der Waals surface area contributed by atoms with Crippen LogP contribution in [0.25, 0.3) is 0 Å². The van der Waals surface area contributed by atoms with Gasteiger partial charge in [-0.1, -0.05) is 26.7 Å². The van der Waals surface area contributed by atoms with Gasteiger partial charge in [-0.25, -0.2) is 0 Å². The number of carboxylic acids is 1. The van der Waals surface area contributed by atoms with Crippen molar-refractivity contribution in [3.05, 3.63) is 10.5 Å². The number of aliphatic carboxylic acids is 1. The molecule has 1 saturated heterocycles. The Morgan fingerprint density at radius 2 is 2.25 bits per heavy atom. The van der Waals surface area contributed by atoms with Gasteiger partial charge in [0.25, 0.3) is 0 Å². The van der Waals surface area contributed by atoms with Gasteiger partial charge in [0.05, 0.1) is 12.5 Å². The second-order valence-corrected chi connectivity index (χ2v) is 10.3. The molecule has 0 saturated carbocycles. The molecule has 0 aromatic heterocycles. The maximum absolute atomic E-state index is 12.1. The first-order valence-corrected chi connectivity index (χ1v) is 10.2. The van der Waals surface area contributed by atoms with E-state index in [9.17, 15) is 9.90 Å². The first-order valence-electron chi connectivity index (χ1n) is 8.87. The number of allylic oxidation sites excluding steroid dienone is 1. The molecule has 1 N–H and O–H groups in total. The van der Waals surface area contributed by atoms with Gasteiger partial charge in [-0.05, 0) is 60.5 Å². The molecule has 6 heteroatoms. The minimum absolute atomic E-state index is 0.156. The molecule has 0 aromatic rings. The quantitative estimate of drug-likeness (QED) is 0.738. The number of hydrogen-bond donors (Lipinski definition) is 2. The molecule has 0 bridgehead atoms. The van der Waals surface area contributed by atoms with Crippen molar-refractivity contribution in [3.63, 3.8) is 0 Å². The van der Waals surface area contributed by atoms with E-state index in [0.717, 1.165) is 45.4 Å². The van der Waals surface area contributed by atoms with Crippen LogP contribution in [0.4, 0.5) is 0 Å². The van der Waals surface area contributed by atoms with Gasteiger partial charge in [0, 0.05) is 18.4 Å². The lowest BCUT2D eigenvalue weighted by atomic mass is 9.71. The molecule has 0 radical (unpaired) electrons. The SMILES string of the molecule is CN(S)C[C@H]1COCCC1C1SC2=C(CC(C)(C)CC2)C1C(=O)O. The Hall–Kier alpha value is -0.170. The summed E-state index contributed by atoms with van der Waals surface area (Å²) in [4.78, 5) is 13.5. The van der Waals surface area contributed by atoms with Gasteiger partial charge in [0.1, 0.15) is 0 Å². The van der Waals surface area contributed by atoms with Crippen LogP contribution in [0.3, 0.4) is 0 Å². The van der Waals surface area contributed by atoms with Crippen molar-refractivity contribution in [1.29, 1.82) is 0 Å². The average Bonchev–Trinajstić information content (AvgIpc) is 2.84. The predicted octanol–water partition coefficient (Wildman–Crippen LogP) is 3.70. The molecule has 2 aliphatic heterocycles. The molecule has 1 fully saturated rings. The summed E-state index contributed by atoms with van der Waals surface area (Å²) >= 11 is 6.27. The fourth-order valence-corrected chi connectivity index (χ4v) is 6.62. The van der Waals surface area contributed by atoms with E-state index >= 15 is 0 Å². The van der Waals surface area contributed by atoms with Crippen molar-refractivity contribution in [2.75, 3.05) is 26.8 Å². The van der Waals surface area contributed by atoms with Crippen molar-refractivity contribution in [2.45, 2.75) is 44.8 Å². The van der Waals surface area contributed by atoms with E-state index in [2.05, 4.69) is 26.7 Å². The van der Waals surface area contributed by atoms with Crippen LogP contribution in [-0.4, -0.2) is 47.4 Å². The van der Waals surface area contributed by atoms with E-state index in [1.54, 1.807) is 0 Å². The summed E-state index contributed by atoms with van der Waals surface area (Å²) in [7, 11) is 1.96. The molecule has 1 aliphatic carbocycles. The summed E-state index contributed by atoms with van der Waals surface area (Å²) in [6.07, 6.45) is 4.10. The minimum Gasteiger partial charge on any atom is -0.481 e. The van der Waals surface area contributed by atoms with Crippen molar-refractivity contribution < 1.29 is 14.6 Å². The van der Waals surface area contributed by atoms with Crippen LogP contribution in [0.5, 0.6) is 0 Å². The van der Waals surface area contributed by atoms with Crippen LogP contribution in [0.2, 0.25) is 0 Å². The number of thioether (sulfide) groups is 1. The molecule has 136 valence electrons. The maximum Gasteiger partial charge on any atom is 0.311 e. The van der Waals surface area contributed by atoms with Gasteiger partial charge in [-0.2, -0.15) is 0 Å². The Bertz CT molecular complexity index is 532. The number of ether oxygens (including phenoxy) is 1. The minimum atomic E-state index is -0.639. The third kappa shape index (κ3) is 3.81. The zero-order chi connectivity index (χ0) is 17.5. The highest BCUT2D eigenvalue weighted by Gasteiger charge is 2.49. The molecule has 0 amide bonds. The molecule has 3 aliphatic rings. The number of rotatable bonds is 4. The topological polar surface area (TPSA) is 49.8 Å². The zero-order valence-corrected chi connectivity index (χ0v) is 16.5. The van der Waals surface area contributed by atoms with Gasteiger partial charge in [-0.3, -0.25) is 9.10 Å². The van der Waals surface area contributed by atoms with Crippen LogP contribution < -0.4 is 0 Å². The van der Waals surface area contributed by atoms with E-state index < -0.39 is 5.97 Å². The van der Waals surface area contributed by atoms with Gasteiger partial charge in [-0.15, -0.1) is 11.8 Å². The first-order chi connectivity index (χ1) is 11.3. The number of carbonyl (C=O) groups is 1. The third-order valence-electron chi connectivity index (χ3n) is 5.76. The molecule has 24 heavy (non-hydrogen) atoms. The monoisotopic (exact) mass is 371 g/mol. The highest BCUT2D eigenvalue weighted by atomic mass is 32.2. The molecule has 3 rings (SSSR count). The summed E-state index contributed by atoms with van der Waals surface area (Å²) in [6, 6.07) is 0. The number of carboxylic acid groups (broad SMARTS) is 1. The van der Waals surface area contributed by atoms with Crippen LogP contribution in [0.1, 0.15) is 39.5 Å². The molecule has 4 nitrogen and oxygen atoms in total. The van der Waals surface area contributed by atoms with Crippen LogP contribution in [-0.2, 0) is 9.53 Å². The number of hydrogen-bond acceptors (Lipinski definition) is 5. The smallest absolute Gasteiger partial charge is 0.311 e. The van der Waals surface area contributed by atoms with E-state index in [0.29, 0.717) is 11.8 Å². The molecule has 3 unspecified atom stereocenters. The average molecular weight is 372 g/mol. The van der Waals surface area contributed by atoms with E-state index in [4.69, 9.17) is 4.74 Å². The van der Waals surface area contributed by atoms with E-state index in [-0.39, 0.29) is 16.6 Å². The van der Waals surface area contributed by atoms with Gasteiger partial charge < -0.3 is 9.84 Å². The normalized spacial score (nSPS) is 36.0. The lowest BCUT2D eigenvalue weighted by Gasteiger charge is -2.38. The van der Waals surface area contributed by atoms with Crippen molar-refractivity contribution >= 4 is 30.5 Å². The van der Waals surface area contributed by atoms with Gasteiger partial charge >= 0.3 is 5.97 Å². The number of thiol groups is 1. The van der Waals surface area contributed by atoms with Crippen molar-refractivity contribution in [2.24, 2.45) is 23.2 Å². The second kappa shape index (κ2) is 7.22. The Morgan fingerprint density at radius 3 is 2.92 bits per heavy atom. The second-order valence-electron chi connectivity index (χ2n) is 8.32. The molecule has 4 atom stereocenters. The molecular formula is C18H29NO3S2. The Morgan fingerprint density at radius 1 is 1.50 bits per heavy atom. The van der Waals surface area contributed by atoms with Crippen molar-refractivity contribution in [1.82, 2.24) is 4.31 Å². The highest BCUT2D eigenvalue weighted by Crippen LogP contribution is 2.56. The van der Waals surface area contributed by atoms with Crippen LogP contribution in [0.15, 0.2) is 10.5 Å². The summed E-state index contributed by atoms with van der Waals surface area (Å²) in [5, 5.41) is 10.1. The lowest BCUT2D eigenvalue weighted by Crippen LogP contribution is -2.42. The predicted molar refractivity (Wildman–Crippen MR) is 101 cm³/mol. The molecule has 0 aromatic carbocycles. The summed E-state index contributed by atoms with van der Waals surface area (Å²) < 4.78 is 7.59. The van der Waals surface area contributed by atoms with Gasteiger partial charge in [0.15, 0.2) is 0 Å². The molecular weight excluding hydrogens is 342 g/mol. The number of nitrogens with zero attached hydrogens (tertiary/aromatic N) is 1. The zero-order valence-electron chi connectivity index (χ0n) is 14.8. The molecule has 0 spiro atoms. The lowest BCUT2D eigenvalue weighted by molar-refractivity contribution is -0.141.